The average molecular weight is 471 g/mol. The van der Waals surface area contributed by atoms with E-state index in [4.69, 9.17) is 14.2 Å². The third-order valence-corrected chi connectivity index (χ3v) is 6.23. The van der Waals surface area contributed by atoms with Gasteiger partial charge in [-0.05, 0) is 51.1 Å². The number of carbonyl (C=O) groups is 2. The van der Waals surface area contributed by atoms with Crippen molar-refractivity contribution in [3.05, 3.63) is 88.9 Å². The molecular formula is C28H26N2O5. The number of benzene rings is 2. The van der Waals surface area contributed by atoms with Gasteiger partial charge in [-0.25, -0.2) is 4.79 Å². The lowest BCUT2D eigenvalue weighted by Crippen LogP contribution is -2.33. The van der Waals surface area contributed by atoms with Crippen LogP contribution in [0, 0.1) is 20.8 Å². The summed E-state index contributed by atoms with van der Waals surface area (Å²) in [5, 5.41) is 0.699. The maximum Gasteiger partial charge on any atom is 0.339 e. The number of aromatic nitrogens is 2. The standard InChI is InChI=1S/C28H26N2O5/c1-17-12-23(21-8-4-5-9-24(21)29-17)28(32)34-16-25(31)22-13-18(2)30(19(22)3)14-20-15-33-26-10-6-7-11-27(26)35-20/h4-13,20H,14-16H2,1-3H3/t20-/m1/s1. The Kier molecular flexibility index (Phi) is 5.99. The molecule has 0 aliphatic carbocycles. The summed E-state index contributed by atoms with van der Waals surface area (Å²) < 4.78 is 19.4. The number of carbonyl (C=O) groups excluding carboxylic acids is 2. The molecule has 0 fully saturated rings. The molecule has 1 atom stereocenters. The van der Waals surface area contributed by atoms with E-state index < -0.39 is 5.97 Å². The Morgan fingerprint density at radius 3 is 2.57 bits per heavy atom. The summed E-state index contributed by atoms with van der Waals surface area (Å²) in [6.45, 7) is 6.28. The van der Waals surface area contributed by atoms with Crippen LogP contribution in [0.25, 0.3) is 10.9 Å². The molecule has 2 aromatic carbocycles. The molecule has 2 aromatic heterocycles. The van der Waals surface area contributed by atoms with Gasteiger partial charge in [0, 0.05) is 28.0 Å². The van der Waals surface area contributed by atoms with Gasteiger partial charge in [0.05, 0.1) is 17.6 Å². The minimum atomic E-state index is -0.541. The molecule has 0 saturated heterocycles. The lowest BCUT2D eigenvalue weighted by molar-refractivity contribution is 0.0476. The first-order valence-corrected chi connectivity index (χ1v) is 11.5. The van der Waals surface area contributed by atoms with E-state index in [1.54, 1.807) is 6.07 Å². The van der Waals surface area contributed by atoms with Crippen LogP contribution in [-0.2, 0) is 11.3 Å². The number of esters is 1. The highest BCUT2D eigenvalue weighted by atomic mass is 16.6. The molecule has 0 saturated carbocycles. The lowest BCUT2D eigenvalue weighted by atomic mass is 10.1. The van der Waals surface area contributed by atoms with Gasteiger partial charge in [0.25, 0.3) is 0 Å². The molecule has 1 aliphatic rings. The predicted molar refractivity (Wildman–Crippen MR) is 131 cm³/mol. The highest BCUT2D eigenvalue weighted by molar-refractivity contribution is 6.05. The summed E-state index contributed by atoms with van der Waals surface area (Å²) >= 11 is 0. The Labute approximate surface area is 203 Å². The summed E-state index contributed by atoms with van der Waals surface area (Å²) in [6, 6.07) is 18.5. The summed E-state index contributed by atoms with van der Waals surface area (Å²) in [7, 11) is 0. The van der Waals surface area contributed by atoms with Crippen molar-refractivity contribution < 1.29 is 23.8 Å². The molecular weight excluding hydrogens is 444 g/mol. The number of ether oxygens (including phenoxy) is 3. The molecule has 0 unspecified atom stereocenters. The predicted octanol–water partition coefficient (Wildman–Crippen LogP) is 4.84. The van der Waals surface area contributed by atoms with Crippen LogP contribution in [0.2, 0.25) is 0 Å². The van der Waals surface area contributed by atoms with Crippen molar-refractivity contribution in [2.75, 3.05) is 13.2 Å². The maximum atomic E-state index is 13.0. The van der Waals surface area contributed by atoms with Crippen molar-refractivity contribution in [2.24, 2.45) is 0 Å². The molecule has 35 heavy (non-hydrogen) atoms. The van der Waals surface area contributed by atoms with E-state index in [0.29, 0.717) is 46.6 Å². The molecule has 0 amide bonds. The molecule has 3 heterocycles. The van der Waals surface area contributed by atoms with Crippen molar-refractivity contribution in [3.8, 4) is 11.5 Å². The zero-order chi connectivity index (χ0) is 24.5. The van der Waals surface area contributed by atoms with Crippen molar-refractivity contribution >= 4 is 22.7 Å². The van der Waals surface area contributed by atoms with Crippen LogP contribution in [0.4, 0.5) is 0 Å². The van der Waals surface area contributed by atoms with E-state index in [0.717, 1.165) is 17.1 Å². The van der Waals surface area contributed by atoms with E-state index in [2.05, 4.69) is 4.98 Å². The first kappa shape index (κ1) is 22.7. The fourth-order valence-corrected chi connectivity index (χ4v) is 4.48. The molecule has 5 rings (SSSR count). The Balaban J connectivity index is 1.28. The van der Waals surface area contributed by atoms with Crippen LogP contribution < -0.4 is 9.47 Å². The molecule has 1 aliphatic heterocycles. The van der Waals surface area contributed by atoms with E-state index in [1.165, 1.54) is 0 Å². The smallest absolute Gasteiger partial charge is 0.339 e. The van der Waals surface area contributed by atoms with Crippen molar-refractivity contribution in [3.63, 3.8) is 0 Å². The number of fused-ring (bicyclic) bond motifs is 2. The van der Waals surface area contributed by atoms with Crippen LogP contribution in [0.15, 0.2) is 60.7 Å². The molecule has 0 spiro atoms. The second-order valence-corrected chi connectivity index (χ2v) is 8.72. The number of rotatable bonds is 6. The minimum absolute atomic E-state index is 0.182. The van der Waals surface area contributed by atoms with Crippen LogP contribution >= 0.6 is 0 Å². The molecule has 7 heteroatoms. The van der Waals surface area contributed by atoms with Crippen molar-refractivity contribution in [1.82, 2.24) is 9.55 Å². The molecule has 178 valence electrons. The third kappa shape index (κ3) is 4.49. The Morgan fingerprint density at radius 2 is 1.74 bits per heavy atom. The Hall–Kier alpha value is -4.13. The number of nitrogens with zero attached hydrogens (tertiary/aromatic N) is 2. The second-order valence-electron chi connectivity index (χ2n) is 8.72. The maximum absolute atomic E-state index is 13.0. The number of Topliss-reactive ketones (excluding diaryl/α,β-unsaturated/α-hetero) is 1. The van der Waals surface area contributed by atoms with E-state index >= 15 is 0 Å². The van der Waals surface area contributed by atoms with Gasteiger partial charge in [-0.2, -0.15) is 0 Å². The number of aryl methyl sites for hydroxylation is 2. The van der Waals surface area contributed by atoms with E-state index in [9.17, 15) is 9.59 Å². The second kappa shape index (κ2) is 9.25. The van der Waals surface area contributed by atoms with Crippen LogP contribution in [0.3, 0.4) is 0 Å². The van der Waals surface area contributed by atoms with Crippen LogP contribution in [-0.4, -0.2) is 40.6 Å². The SMILES string of the molecule is Cc1cc(C(=O)OCC(=O)c2cc(C)n(C[C@@H]3COc4ccccc4O3)c2C)c2ccccc2n1. The number of pyridine rings is 1. The summed E-state index contributed by atoms with van der Waals surface area (Å²) in [6.07, 6.45) is -0.182. The van der Waals surface area contributed by atoms with Crippen LogP contribution in [0.1, 0.15) is 37.8 Å². The first-order chi connectivity index (χ1) is 16.9. The van der Waals surface area contributed by atoms with Gasteiger partial charge in [0.2, 0.25) is 5.78 Å². The fourth-order valence-electron chi connectivity index (χ4n) is 4.48. The zero-order valence-corrected chi connectivity index (χ0v) is 19.9. The average Bonchev–Trinajstić information content (AvgIpc) is 3.15. The Bertz CT molecular complexity index is 1440. The van der Waals surface area contributed by atoms with E-state index in [1.807, 2.05) is 79.9 Å². The number of hydrogen-bond donors (Lipinski definition) is 0. The third-order valence-electron chi connectivity index (χ3n) is 6.23. The highest BCUT2D eigenvalue weighted by Crippen LogP contribution is 2.31. The van der Waals surface area contributed by atoms with Gasteiger partial charge in [0.15, 0.2) is 24.2 Å². The fraction of sp³-hybridized carbons (Fsp3) is 0.250. The number of para-hydroxylation sites is 3. The van der Waals surface area contributed by atoms with Gasteiger partial charge >= 0.3 is 5.97 Å². The summed E-state index contributed by atoms with van der Waals surface area (Å²) in [5.74, 6) is 0.659. The van der Waals surface area contributed by atoms with Crippen molar-refractivity contribution in [1.29, 1.82) is 0 Å². The van der Waals surface area contributed by atoms with Gasteiger partial charge in [-0.15, -0.1) is 0 Å². The molecule has 7 nitrogen and oxygen atoms in total. The summed E-state index contributed by atoms with van der Waals surface area (Å²) in [4.78, 5) is 30.3. The summed E-state index contributed by atoms with van der Waals surface area (Å²) in [5.41, 5.74) is 4.09. The quantitative estimate of drug-likeness (QED) is 0.296. The minimum Gasteiger partial charge on any atom is -0.486 e. The Morgan fingerprint density at radius 1 is 1.00 bits per heavy atom. The van der Waals surface area contributed by atoms with Gasteiger partial charge in [0.1, 0.15) is 6.61 Å². The van der Waals surface area contributed by atoms with Gasteiger partial charge < -0.3 is 18.8 Å². The monoisotopic (exact) mass is 470 g/mol. The van der Waals surface area contributed by atoms with Crippen molar-refractivity contribution in [2.45, 2.75) is 33.4 Å². The zero-order valence-electron chi connectivity index (χ0n) is 19.9. The largest absolute Gasteiger partial charge is 0.486 e. The molecule has 0 radical (unpaired) electrons. The van der Waals surface area contributed by atoms with Gasteiger partial charge in [-0.3, -0.25) is 9.78 Å². The number of ketones is 1. The molecule has 0 N–H and O–H groups in total. The molecule has 4 aromatic rings. The van der Waals surface area contributed by atoms with Gasteiger partial charge in [-0.1, -0.05) is 30.3 Å². The highest BCUT2D eigenvalue weighted by Gasteiger charge is 2.24. The van der Waals surface area contributed by atoms with E-state index in [-0.39, 0.29) is 18.5 Å². The first-order valence-electron chi connectivity index (χ1n) is 11.5. The number of hydrogen-bond acceptors (Lipinski definition) is 6. The topological polar surface area (TPSA) is 79.7 Å². The molecule has 0 bridgehead atoms. The van der Waals surface area contributed by atoms with Crippen LogP contribution in [0.5, 0.6) is 11.5 Å². The lowest BCUT2D eigenvalue weighted by Gasteiger charge is -2.27. The normalized spacial score (nSPS) is 14.7.